The average Bonchev–Trinajstić information content (AvgIpc) is 3.17. The summed E-state index contributed by atoms with van der Waals surface area (Å²) in [4.78, 5) is 25.6. The number of rotatable bonds is 10. The van der Waals surface area contributed by atoms with Crippen molar-refractivity contribution in [3.05, 3.63) is 87.3 Å². The van der Waals surface area contributed by atoms with Gasteiger partial charge >= 0.3 is 0 Å². The highest BCUT2D eigenvalue weighted by Crippen LogP contribution is 2.28. The van der Waals surface area contributed by atoms with Gasteiger partial charge in [-0.2, -0.15) is 25.3 Å². The minimum atomic E-state index is -3.99. The number of benzene rings is 2. The molecule has 35 heavy (non-hydrogen) atoms. The fourth-order valence-electron chi connectivity index (χ4n) is 3.02. The van der Waals surface area contributed by atoms with E-state index in [1.54, 1.807) is 36.7 Å². The van der Waals surface area contributed by atoms with Gasteiger partial charge in [-0.05, 0) is 48.1 Å². The van der Waals surface area contributed by atoms with Crippen molar-refractivity contribution < 1.29 is 22.6 Å². The van der Waals surface area contributed by atoms with Crippen molar-refractivity contribution in [1.82, 2.24) is 5.43 Å². The van der Waals surface area contributed by atoms with Crippen LogP contribution in [0.1, 0.15) is 43.0 Å². The number of carbonyl (C=O) groups excluding carboxylic acids is 2. The Morgan fingerprint density at radius 2 is 1.86 bits per heavy atom. The Morgan fingerprint density at radius 3 is 2.57 bits per heavy atom. The minimum Gasteiger partial charge on any atom is -0.313 e. The molecule has 1 aromatic heterocycles. The number of aryl methyl sites for hydroxylation is 2. The number of hydrogen-bond donors (Lipinski definition) is 3. The summed E-state index contributed by atoms with van der Waals surface area (Å²) in [6.07, 6.45) is 1.55. The lowest BCUT2D eigenvalue weighted by atomic mass is 10.1. The van der Waals surface area contributed by atoms with E-state index in [0.717, 1.165) is 22.3 Å². The number of thiophene rings is 1. The summed E-state index contributed by atoms with van der Waals surface area (Å²) < 4.78 is 30.5. The van der Waals surface area contributed by atoms with E-state index in [1.807, 2.05) is 37.3 Å². The van der Waals surface area contributed by atoms with Crippen LogP contribution < -0.4 is 10.7 Å². The predicted octanol–water partition coefficient (Wildman–Crippen LogP) is 4.50. The van der Waals surface area contributed by atoms with Crippen molar-refractivity contribution in [2.45, 2.75) is 19.6 Å². The van der Waals surface area contributed by atoms with Crippen LogP contribution in [0.25, 0.3) is 0 Å². The zero-order valence-corrected chi connectivity index (χ0v) is 21.6. The third-order valence-corrected chi connectivity index (χ3v) is 7.85. The second-order valence-electron chi connectivity index (χ2n) is 7.73. The Hall–Kier alpha value is -2.99. The fraction of sp³-hybridized carbons (Fsp3) is 0.208. The topological polar surface area (TPSA) is 125 Å². The number of anilines is 1. The number of thioether (sulfide) groups is 1. The highest BCUT2D eigenvalue weighted by Gasteiger charge is 2.19. The van der Waals surface area contributed by atoms with E-state index in [9.17, 15) is 18.0 Å². The molecule has 0 saturated carbocycles. The second kappa shape index (κ2) is 12.1. The largest absolute Gasteiger partial charge is 0.313 e. The first-order chi connectivity index (χ1) is 16.6. The van der Waals surface area contributed by atoms with Gasteiger partial charge in [-0.15, -0.1) is 11.3 Å². The second-order valence-corrected chi connectivity index (χ2v) is 11.3. The van der Waals surface area contributed by atoms with Gasteiger partial charge < -0.3 is 5.32 Å². The third kappa shape index (κ3) is 8.32. The summed E-state index contributed by atoms with van der Waals surface area (Å²) >= 11 is 2.59. The molecular formula is C24H25N3O5S3. The van der Waals surface area contributed by atoms with Crippen molar-refractivity contribution in [1.29, 1.82) is 0 Å². The molecule has 3 aromatic rings. The average molecular weight is 532 g/mol. The number of hydrogen-bond acceptors (Lipinski definition) is 7. The molecule has 0 radical (unpaired) electrons. The molecule has 0 fully saturated rings. The van der Waals surface area contributed by atoms with Crippen LogP contribution in [-0.4, -0.2) is 42.5 Å². The predicted molar refractivity (Wildman–Crippen MR) is 142 cm³/mol. The summed E-state index contributed by atoms with van der Waals surface area (Å²) in [6.45, 7) is 3.77. The van der Waals surface area contributed by atoms with Gasteiger partial charge in [-0.25, -0.2) is 5.43 Å². The van der Waals surface area contributed by atoms with E-state index in [4.69, 9.17) is 4.55 Å². The first kappa shape index (κ1) is 26.6. The molecule has 2 amide bonds. The highest BCUT2D eigenvalue weighted by atomic mass is 32.2. The van der Waals surface area contributed by atoms with E-state index in [0.29, 0.717) is 21.9 Å². The Balaban J connectivity index is 1.63. The monoisotopic (exact) mass is 531 g/mol. The van der Waals surface area contributed by atoms with E-state index < -0.39 is 16.0 Å². The maximum absolute atomic E-state index is 12.9. The summed E-state index contributed by atoms with van der Waals surface area (Å²) in [7, 11) is -3.99. The zero-order chi connectivity index (χ0) is 25.4. The van der Waals surface area contributed by atoms with E-state index in [2.05, 4.69) is 15.8 Å². The lowest BCUT2D eigenvalue weighted by Gasteiger charge is -2.08. The smallest absolute Gasteiger partial charge is 0.274 e. The molecule has 0 spiro atoms. The molecule has 3 rings (SSSR count). The van der Waals surface area contributed by atoms with Crippen LogP contribution in [0.4, 0.5) is 5.00 Å². The third-order valence-electron chi connectivity index (χ3n) is 4.83. The van der Waals surface area contributed by atoms with Gasteiger partial charge in [0, 0.05) is 17.1 Å². The van der Waals surface area contributed by atoms with Crippen molar-refractivity contribution in [2.75, 3.05) is 16.8 Å². The lowest BCUT2D eigenvalue weighted by molar-refractivity contribution is 0.0956. The van der Waals surface area contributed by atoms with Crippen LogP contribution in [0, 0.1) is 13.8 Å². The molecule has 0 aliphatic rings. The minimum absolute atomic E-state index is 0.245. The Bertz CT molecular complexity index is 1330. The maximum Gasteiger partial charge on any atom is 0.274 e. The molecule has 0 aliphatic heterocycles. The maximum atomic E-state index is 12.9. The molecule has 2 aromatic carbocycles. The molecule has 3 N–H and O–H groups in total. The first-order valence-electron chi connectivity index (χ1n) is 10.5. The number of hydrazone groups is 1. The molecule has 0 unspecified atom stereocenters. The van der Waals surface area contributed by atoms with Crippen LogP contribution in [0.2, 0.25) is 0 Å². The summed E-state index contributed by atoms with van der Waals surface area (Å²) in [5.74, 6) is -0.383. The van der Waals surface area contributed by atoms with Crippen molar-refractivity contribution in [2.24, 2.45) is 5.10 Å². The first-order valence-corrected chi connectivity index (χ1v) is 14.2. The zero-order valence-electron chi connectivity index (χ0n) is 19.1. The van der Waals surface area contributed by atoms with Crippen LogP contribution in [0.3, 0.4) is 0 Å². The summed E-state index contributed by atoms with van der Waals surface area (Å²) in [5, 5.41) is 9.03. The SMILES string of the molecule is Cc1ccc(/C=N/NC(=O)c2c(C)csc2NC(=O)c2cccc(CSCCS(=O)(=O)O)c2)cc1. The Labute approximate surface area is 212 Å². The number of carbonyl (C=O) groups is 2. The molecule has 1 heterocycles. The van der Waals surface area contributed by atoms with Gasteiger partial charge in [0.15, 0.2) is 0 Å². The van der Waals surface area contributed by atoms with Crippen LogP contribution in [-0.2, 0) is 15.9 Å². The van der Waals surface area contributed by atoms with Crippen LogP contribution in [0.15, 0.2) is 59.0 Å². The van der Waals surface area contributed by atoms with Gasteiger partial charge in [0.05, 0.1) is 17.5 Å². The quantitative estimate of drug-likeness (QED) is 0.153. The number of nitrogens with one attached hydrogen (secondary N) is 2. The lowest BCUT2D eigenvalue weighted by Crippen LogP contribution is -2.21. The Kier molecular flexibility index (Phi) is 9.21. The fourth-order valence-corrected chi connectivity index (χ4v) is 5.83. The van der Waals surface area contributed by atoms with Gasteiger partial charge in [0.1, 0.15) is 5.00 Å². The molecule has 0 aliphatic carbocycles. The van der Waals surface area contributed by atoms with Gasteiger partial charge in [0.2, 0.25) is 0 Å². The van der Waals surface area contributed by atoms with Gasteiger partial charge in [0.25, 0.3) is 21.9 Å². The number of amides is 2. The van der Waals surface area contributed by atoms with Gasteiger partial charge in [-0.3, -0.25) is 14.1 Å². The molecule has 0 saturated heterocycles. The normalized spacial score (nSPS) is 11.5. The van der Waals surface area contributed by atoms with E-state index in [-0.39, 0.29) is 17.4 Å². The van der Waals surface area contributed by atoms with Crippen molar-refractivity contribution >= 4 is 56.2 Å². The van der Waals surface area contributed by atoms with E-state index >= 15 is 0 Å². The number of nitrogens with zero attached hydrogens (tertiary/aromatic N) is 1. The van der Waals surface area contributed by atoms with Crippen LogP contribution >= 0.6 is 23.1 Å². The van der Waals surface area contributed by atoms with Crippen molar-refractivity contribution in [3.63, 3.8) is 0 Å². The van der Waals surface area contributed by atoms with E-state index in [1.165, 1.54) is 23.1 Å². The molecule has 8 nitrogen and oxygen atoms in total. The summed E-state index contributed by atoms with van der Waals surface area (Å²) in [5.41, 5.74) is 6.80. The van der Waals surface area contributed by atoms with Crippen LogP contribution in [0.5, 0.6) is 0 Å². The molecular weight excluding hydrogens is 506 g/mol. The van der Waals surface area contributed by atoms with Crippen molar-refractivity contribution in [3.8, 4) is 0 Å². The summed E-state index contributed by atoms with van der Waals surface area (Å²) in [6, 6.07) is 14.6. The Morgan fingerprint density at radius 1 is 1.11 bits per heavy atom. The highest BCUT2D eigenvalue weighted by molar-refractivity contribution is 7.99. The standard InChI is InChI=1S/C24H25N3O5S3/c1-16-6-8-18(9-7-16)13-25-27-23(29)21-17(2)14-34-24(21)26-22(28)20-5-3-4-19(12-20)15-33-10-11-35(30,31)32/h3-9,12-14H,10-11,15H2,1-2H3,(H,26,28)(H,27,29)(H,30,31,32)/b25-13+. The molecule has 184 valence electrons. The van der Waals surface area contributed by atoms with Gasteiger partial charge in [-0.1, -0.05) is 42.0 Å². The molecule has 0 atom stereocenters. The molecule has 0 bridgehead atoms. The molecule has 11 heteroatoms.